The second-order valence-electron chi connectivity index (χ2n) is 6.66. The molecule has 26 heavy (non-hydrogen) atoms. The van der Waals surface area contributed by atoms with Gasteiger partial charge >= 0.3 is 0 Å². The SMILES string of the molecule is Cc1ccc(S(=O)(=O)Nc2ccc3c(c2)CCCN3S(C)(=O)=O)c(C)c1. The molecule has 140 valence electrons. The maximum atomic E-state index is 12.7. The van der Waals surface area contributed by atoms with E-state index in [1.165, 1.54) is 10.6 Å². The molecule has 0 spiro atoms. The van der Waals surface area contributed by atoms with Gasteiger partial charge in [-0.25, -0.2) is 16.8 Å². The zero-order valence-electron chi connectivity index (χ0n) is 15.0. The summed E-state index contributed by atoms with van der Waals surface area (Å²) in [6.07, 6.45) is 2.59. The highest BCUT2D eigenvalue weighted by Crippen LogP contribution is 2.32. The first-order chi connectivity index (χ1) is 12.1. The number of nitrogens with one attached hydrogen (secondary N) is 1. The van der Waals surface area contributed by atoms with Crippen LogP contribution >= 0.6 is 0 Å². The molecule has 0 aliphatic carbocycles. The second kappa shape index (κ2) is 6.59. The summed E-state index contributed by atoms with van der Waals surface area (Å²) >= 11 is 0. The molecule has 0 amide bonds. The van der Waals surface area contributed by atoms with E-state index in [4.69, 9.17) is 0 Å². The summed E-state index contributed by atoms with van der Waals surface area (Å²) in [7, 11) is -7.06. The lowest BCUT2D eigenvalue weighted by Gasteiger charge is -2.29. The van der Waals surface area contributed by atoms with Crippen molar-refractivity contribution < 1.29 is 16.8 Å². The van der Waals surface area contributed by atoms with Gasteiger partial charge in [-0.05, 0) is 62.1 Å². The minimum Gasteiger partial charge on any atom is -0.280 e. The van der Waals surface area contributed by atoms with Crippen molar-refractivity contribution in [3.63, 3.8) is 0 Å². The molecule has 0 radical (unpaired) electrons. The van der Waals surface area contributed by atoms with Gasteiger partial charge in [-0.2, -0.15) is 0 Å². The Kier molecular flexibility index (Phi) is 4.74. The molecule has 0 saturated heterocycles. The van der Waals surface area contributed by atoms with Crippen molar-refractivity contribution in [3.8, 4) is 0 Å². The van der Waals surface area contributed by atoms with Crippen molar-refractivity contribution in [2.45, 2.75) is 31.6 Å². The Morgan fingerprint density at radius 2 is 1.73 bits per heavy atom. The number of nitrogens with zero attached hydrogens (tertiary/aromatic N) is 1. The molecule has 0 aromatic heterocycles. The summed E-state index contributed by atoms with van der Waals surface area (Å²) in [5, 5.41) is 0. The summed E-state index contributed by atoms with van der Waals surface area (Å²) in [6, 6.07) is 10.2. The minimum absolute atomic E-state index is 0.235. The van der Waals surface area contributed by atoms with E-state index in [0.717, 1.165) is 11.1 Å². The number of hydrogen-bond acceptors (Lipinski definition) is 4. The molecule has 1 N–H and O–H groups in total. The molecular formula is C18H22N2O4S2. The van der Waals surface area contributed by atoms with E-state index in [1.54, 1.807) is 37.3 Å². The molecule has 1 aliphatic heterocycles. The van der Waals surface area contributed by atoms with E-state index in [0.29, 0.717) is 36.3 Å². The van der Waals surface area contributed by atoms with E-state index < -0.39 is 20.0 Å². The molecule has 3 rings (SSSR count). The number of sulfonamides is 2. The third-order valence-corrected chi connectivity index (χ3v) is 7.15. The zero-order chi connectivity index (χ0) is 19.1. The molecule has 8 heteroatoms. The average molecular weight is 395 g/mol. The van der Waals surface area contributed by atoms with Crippen molar-refractivity contribution in [1.82, 2.24) is 0 Å². The van der Waals surface area contributed by atoms with Gasteiger partial charge in [0, 0.05) is 12.2 Å². The summed E-state index contributed by atoms with van der Waals surface area (Å²) in [5.41, 5.74) is 3.55. The molecule has 6 nitrogen and oxygen atoms in total. The Labute approximate surface area is 155 Å². The molecule has 2 aromatic carbocycles. The van der Waals surface area contributed by atoms with Crippen LogP contribution in [0.5, 0.6) is 0 Å². The van der Waals surface area contributed by atoms with E-state index in [-0.39, 0.29) is 4.90 Å². The monoisotopic (exact) mass is 394 g/mol. The normalized spacial score (nSPS) is 14.8. The fraction of sp³-hybridized carbons (Fsp3) is 0.333. The minimum atomic E-state index is -3.71. The van der Waals surface area contributed by atoms with Crippen molar-refractivity contribution in [2.24, 2.45) is 0 Å². The van der Waals surface area contributed by atoms with Gasteiger partial charge in [-0.15, -0.1) is 0 Å². The van der Waals surface area contributed by atoms with Crippen LogP contribution in [0.1, 0.15) is 23.1 Å². The van der Waals surface area contributed by atoms with Crippen LogP contribution in [0.4, 0.5) is 11.4 Å². The molecule has 1 aliphatic rings. The zero-order valence-corrected chi connectivity index (χ0v) is 16.6. The van der Waals surface area contributed by atoms with Crippen LogP contribution in [-0.2, 0) is 26.5 Å². The molecule has 0 saturated carbocycles. The van der Waals surface area contributed by atoms with Gasteiger partial charge in [-0.1, -0.05) is 17.7 Å². The Bertz CT molecular complexity index is 1060. The van der Waals surface area contributed by atoms with E-state index in [1.807, 2.05) is 13.0 Å². The summed E-state index contributed by atoms with van der Waals surface area (Å²) in [5.74, 6) is 0. The molecule has 0 unspecified atom stereocenters. The topological polar surface area (TPSA) is 83.6 Å². The number of aryl methyl sites for hydroxylation is 3. The maximum absolute atomic E-state index is 12.7. The largest absolute Gasteiger partial charge is 0.280 e. The first kappa shape index (κ1) is 18.7. The summed E-state index contributed by atoms with van der Waals surface area (Å²) < 4.78 is 53.2. The quantitative estimate of drug-likeness (QED) is 0.864. The Balaban J connectivity index is 1.94. The van der Waals surface area contributed by atoms with Crippen LogP contribution in [0.15, 0.2) is 41.3 Å². The molecule has 0 bridgehead atoms. The van der Waals surface area contributed by atoms with Gasteiger partial charge in [0.05, 0.1) is 16.8 Å². The first-order valence-electron chi connectivity index (χ1n) is 8.29. The predicted octanol–water partition coefficient (Wildman–Crippen LogP) is 2.82. The van der Waals surface area contributed by atoms with Crippen LogP contribution in [0.2, 0.25) is 0 Å². The van der Waals surface area contributed by atoms with E-state index in [9.17, 15) is 16.8 Å². The average Bonchev–Trinajstić information content (AvgIpc) is 2.52. The molecule has 0 atom stereocenters. The van der Waals surface area contributed by atoms with Gasteiger partial charge in [0.2, 0.25) is 10.0 Å². The van der Waals surface area contributed by atoms with E-state index >= 15 is 0 Å². The number of hydrogen-bond donors (Lipinski definition) is 1. The smallest absolute Gasteiger partial charge is 0.262 e. The van der Waals surface area contributed by atoms with Crippen LogP contribution in [-0.4, -0.2) is 29.6 Å². The highest BCUT2D eigenvalue weighted by molar-refractivity contribution is 7.92. The Morgan fingerprint density at radius 1 is 1.00 bits per heavy atom. The third-order valence-electron chi connectivity index (χ3n) is 4.43. The van der Waals surface area contributed by atoms with Crippen LogP contribution < -0.4 is 9.03 Å². The lowest BCUT2D eigenvalue weighted by molar-refractivity contribution is 0.592. The fourth-order valence-electron chi connectivity index (χ4n) is 3.28. The summed E-state index contributed by atoms with van der Waals surface area (Å²) in [4.78, 5) is 0.235. The van der Waals surface area contributed by atoms with E-state index in [2.05, 4.69) is 4.72 Å². The van der Waals surface area contributed by atoms with Gasteiger partial charge in [0.15, 0.2) is 0 Å². The highest BCUT2D eigenvalue weighted by Gasteiger charge is 2.25. The maximum Gasteiger partial charge on any atom is 0.262 e. The molecule has 2 aromatic rings. The Hall–Kier alpha value is -2.06. The predicted molar refractivity (Wildman–Crippen MR) is 104 cm³/mol. The summed E-state index contributed by atoms with van der Waals surface area (Å²) in [6.45, 7) is 4.12. The lowest BCUT2D eigenvalue weighted by Crippen LogP contribution is -2.34. The standard InChI is InChI=1S/C18H22N2O4S2/c1-13-6-9-18(14(2)11-13)26(23,24)19-16-7-8-17-15(12-16)5-4-10-20(17)25(3,21)22/h6-9,11-12,19H,4-5,10H2,1-3H3. The number of fused-ring (bicyclic) bond motifs is 1. The third kappa shape index (κ3) is 3.71. The van der Waals surface area contributed by atoms with Gasteiger partial charge in [0.1, 0.15) is 0 Å². The second-order valence-corrected chi connectivity index (χ2v) is 10.2. The fourth-order valence-corrected chi connectivity index (χ4v) is 5.55. The highest BCUT2D eigenvalue weighted by atomic mass is 32.2. The van der Waals surface area contributed by atoms with Crippen LogP contribution in [0, 0.1) is 13.8 Å². The van der Waals surface area contributed by atoms with Gasteiger partial charge in [-0.3, -0.25) is 9.03 Å². The molecule has 1 heterocycles. The van der Waals surface area contributed by atoms with Crippen molar-refractivity contribution >= 4 is 31.4 Å². The van der Waals surface area contributed by atoms with Gasteiger partial charge in [0.25, 0.3) is 10.0 Å². The van der Waals surface area contributed by atoms with Crippen LogP contribution in [0.25, 0.3) is 0 Å². The van der Waals surface area contributed by atoms with Gasteiger partial charge < -0.3 is 0 Å². The number of anilines is 2. The van der Waals surface area contributed by atoms with Crippen LogP contribution in [0.3, 0.4) is 0 Å². The molecular weight excluding hydrogens is 372 g/mol. The first-order valence-corrected chi connectivity index (χ1v) is 11.6. The van der Waals surface area contributed by atoms with Crippen molar-refractivity contribution in [3.05, 3.63) is 53.1 Å². The Morgan fingerprint density at radius 3 is 2.38 bits per heavy atom. The van der Waals surface area contributed by atoms with Crippen molar-refractivity contribution in [2.75, 3.05) is 21.8 Å². The molecule has 0 fully saturated rings. The lowest BCUT2D eigenvalue weighted by atomic mass is 10.0. The van der Waals surface area contributed by atoms with Crippen molar-refractivity contribution in [1.29, 1.82) is 0 Å². The number of benzene rings is 2. The number of rotatable bonds is 4.